The van der Waals surface area contributed by atoms with Gasteiger partial charge in [-0.05, 0) is 12.8 Å². The van der Waals surface area contributed by atoms with Crippen molar-refractivity contribution < 1.29 is 4.79 Å². The zero-order valence-electron chi connectivity index (χ0n) is 4.43. The molecule has 0 aliphatic heterocycles. The standard InChI is InChI=1S/C5H8INO/c6-4-1-3(2-4)5(7)8/h3-4H,1-2H2,(H2,7,8). The van der Waals surface area contributed by atoms with E-state index in [0.29, 0.717) is 3.92 Å². The molecule has 1 saturated carbocycles. The Morgan fingerprint density at radius 1 is 1.62 bits per heavy atom. The predicted molar refractivity (Wildman–Crippen MR) is 39.7 cm³/mol. The van der Waals surface area contributed by atoms with Crippen molar-refractivity contribution in [2.45, 2.75) is 16.8 Å². The molecule has 1 aliphatic rings. The lowest BCUT2D eigenvalue weighted by atomic mass is 9.85. The Bertz CT molecular complexity index is 109. The molecule has 8 heavy (non-hydrogen) atoms. The van der Waals surface area contributed by atoms with E-state index >= 15 is 0 Å². The summed E-state index contributed by atoms with van der Waals surface area (Å²) in [6, 6.07) is 0. The SMILES string of the molecule is NC(=O)C1CC(I)C1. The first-order valence-electron chi connectivity index (χ1n) is 2.63. The molecule has 2 nitrogen and oxygen atoms in total. The molecule has 1 fully saturated rings. The molecule has 0 aromatic carbocycles. The molecule has 46 valence electrons. The monoisotopic (exact) mass is 225 g/mol. The van der Waals surface area contributed by atoms with Crippen LogP contribution in [0.15, 0.2) is 0 Å². The quantitative estimate of drug-likeness (QED) is 0.517. The van der Waals surface area contributed by atoms with Crippen molar-refractivity contribution in [1.29, 1.82) is 0 Å². The molecule has 0 spiro atoms. The molecule has 1 amide bonds. The molecule has 0 heterocycles. The molecule has 0 bridgehead atoms. The fourth-order valence-corrected chi connectivity index (χ4v) is 2.01. The fourth-order valence-electron chi connectivity index (χ4n) is 0.781. The van der Waals surface area contributed by atoms with Crippen molar-refractivity contribution in [2.75, 3.05) is 0 Å². The first-order chi connectivity index (χ1) is 3.70. The van der Waals surface area contributed by atoms with Crippen LogP contribution in [0.2, 0.25) is 0 Å². The topological polar surface area (TPSA) is 43.1 Å². The molecular weight excluding hydrogens is 217 g/mol. The van der Waals surface area contributed by atoms with Crippen LogP contribution in [0.25, 0.3) is 0 Å². The zero-order valence-corrected chi connectivity index (χ0v) is 6.59. The molecule has 1 aliphatic carbocycles. The van der Waals surface area contributed by atoms with Gasteiger partial charge in [0.25, 0.3) is 0 Å². The molecule has 1 rings (SSSR count). The zero-order chi connectivity index (χ0) is 6.15. The Morgan fingerprint density at radius 3 is 2.25 bits per heavy atom. The van der Waals surface area contributed by atoms with E-state index in [9.17, 15) is 4.79 Å². The summed E-state index contributed by atoms with van der Waals surface area (Å²) in [5, 5.41) is 0. The minimum absolute atomic E-state index is 0.127. The molecule has 0 atom stereocenters. The second-order valence-corrected chi connectivity index (χ2v) is 3.93. The van der Waals surface area contributed by atoms with Gasteiger partial charge in [-0.1, -0.05) is 22.6 Å². The number of primary amides is 1. The number of hydrogen-bond acceptors (Lipinski definition) is 1. The number of alkyl halides is 1. The van der Waals surface area contributed by atoms with Crippen LogP contribution in [-0.4, -0.2) is 9.83 Å². The van der Waals surface area contributed by atoms with E-state index in [1.54, 1.807) is 0 Å². The second-order valence-electron chi connectivity index (χ2n) is 2.17. The lowest BCUT2D eigenvalue weighted by Gasteiger charge is -2.27. The van der Waals surface area contributed by atoms with Gasteiger partial charge in [0.15, 0.2) is 0 Å². The predicted octanol–water partition coefficient (Wildman–Crippen LogP) is 0.685. The van der Waals surface area contributed by atoms with E-state index < -0.39 is 0 Å². The first kappa shape index (κ1) is 6.32. The summed E-state index contributed by atoms with van der Waals surface area (Å²) in [6.07, 6.45) is 1.99. The third-order valence-electron chi connectivity index (χ3n) is 1.48. The van der Waals surface area contributed by atoms with Crippen LogP contribution in [0.5, 0.6) is 0 Å². The Morgan fingerprint density at radius 2 is 2.12 bits per heavy atom. The van der Waals surface area contributed by atoms with Crippen molar-refractivity contribution in [2.24, 2.45) is 11.7 Å². The van der Waals surface area contributed by atoms with Crippen molar-refractivity contribution in [1.82, 2.24) is 0 Å². The van der Waals surface area contributed by atoms with Gasteiger partial charge in [0.1, 0.15) is 0 Å². The van der Waals surface area contributed by atoms with Gasteiger partial charge in [-0.25, -0.2) is 0 Å². The summed E-state index contributed by atoms with van der Waals surface area (Å²) in [5.41, 5.74) is 5.02. The Balaban J connectivity index is 2.25. The van der Waals surface area contributed by atoms with E-state index in [0.717, 1.165) is 12.8 Å². The first-order valence-corrected chi connectivity index (χ1v) is 3.88. The van der Waals surface area contributed by atoms with E-state index in [-0.39, 0.29) is 11.8 Å². The highest BCUT2D eigenvalue weighted by Crippen LogP contribution is 2.32. The van der Waals surface area contributed by atoms with Gasteiger partial charge >= 0.3 is 0 Å². The van der Waals surface area contributed by atoms with Crippen LogP contribution < -0.4 is 5.73 Å². The maximum Gasteiger partial charge on any atom is 0.220 e. The molecule has 0 aromatic heterocycles. The lowest BCUT2D eigenvalue weighted by Crippen LogP contribution is -2.35. The minimum Gasteiger partial charge on any atom is -0.369 e. The second kappa shape index (κ2) is 2.21. The molecule has 2 N–H and O–H groups in total. The van der Waals surface area contributed by atoms with Crippen LogP contribution in [0.4, 0.5) is 0 Å². The molecule has 0 aromatic rings. The van der Waals surface area contributed by atoms with Crippen molar-refractivity contribution in [3.63, 3.8) is 0 Å². The van der Waals surface area contributed by atoms with Gasteiger partial charge in [0.2, 0.25) is 5.91 Å². The average Bonchev–Trinajstić information content (AvgIpc) is 1.57. The maximum absolute atomic E-state index is 10.3. The summed E-state index contributed by atoms with van der Waals surface area (Å²) >= 11 is 2.33. The normalized spacial score (nSPS) is 36.1. The van der Waals surface area contributed by atoms with E-state index in [1.807, 2.05) is 0 Å². The largest absolute Gasteiger partial charge is 0.369 e. The Labute approximate surface area is 62.0 Å². The highest BCUT2D eigenvalue weighted by Gasteiger charge is 2.30. The van der Waals surface area contributed by atoms with Crippen LogP contribution in [0.1, 0.15) is 12.8 Å². The molecule has 0 unspecified atom stereocenters. The number of hydrogen-bond donors (Lipinski definition) is 1. The third kappa shape index (κ3) is 1.13. The Hall–Kier alpha value is 0.200. The number of carbonyl (C=O) groups is 1. The Kier molecular flexibility index (Phi) is 1.74. The molecular formula is C5H8INO. The van der Waals surface area contributed by atoms with E-state index in [2.05, 4.69) is 22.6 Å². The number of rotatable bonds is 1. The smallest absolute Gasteiger partial charge is 0.220 e. The highest BCUT2D eigenvalue weighted by molar-refractivity contribution is 14.1. The van der Waals surface area contributed by atoms with Gasteiger partial charge in [-0.2, -0.15) is 0 Å². The third-order valence-corrected chi connectivity index (χ3v) is 2.50. The van der Waals surface area contributed by atoms with Gasteiger partial charge in [0, 0.05) is 9.84 Å². The van der Waals surface area contributed by atoms with Crippen LogP contribution in [0.3, 0.4) is 0 Å². The minimum atomic E-state index is -0.127. The molecule has 0 radical (unpaired) electrons. The lowest BCUT2D eigenvalue weighted by molar-refractivity contribution is -0.123. The van der Waals surface area contributed by atoms with Gasteiger partial charge in [0.05, 0.1) is 0 Å². The van der Waals surface area contributed by atoms with Crippen LogP contribution in [0, 0.1) is 5.92 Å². The summed E-state index contributed by atoms with van der Waals surface area (Å²) < 4.78 is 0.699. The van der Waals surface area contributed by atoms with Crippen LogP contribution >= 0.6 is 22.6 Å². The summed E-state index contributed by atoms with van der Waals surface area (Å²) in [6.45, 7) is 0. The van der Waals surface area contributed by atoms with Crippen molar-refractivity contribution >= 4 is 28.5 Å². The number of carbonyl (C=O) groups excluding carboxylic acids is 1. The van der Waals surface area contributed by atoms with Crippen molar-refractivity contribution in [3.05, 3.63) is 0 Å². The maximum atomic E-state index is 10.3. The van der Waals surface area contributed by atoms with Gasteiger partial charge < -0.3 is 5.73 Å². The number of nitrogens with two attached hydrogens (primary N) is 1. The summed E-state index contributed by atoms with van der Waals surface area (Å²) in [4.78, 5) is 10.3. The van der Waals surface area contributed by atoms with E-state index in [4.69, 9.17) is 5.73 Å². The fraction of sp³-hybridized carbons (Fsp3) is 0.800. The van der Waals surface area contributed by atoms with Gasteiger partial charge in [-0.15, -0.1) is 0 Å². The number of amides is 1. The summed E-state index contributed by atoms with van der Waals surface area (Å²) in [7, 11) is 0. The molecule has 0 saturated heterocycles. The highest BCUT2D eigenvalue weighted by atomic mass is 127. The van der Waals surface area contributed by atoms with Crippen molar-refractivity contribution in [3.8, 4) is 0 Å². The van der Waals surface area contributed by atoms with Gasteiger partial charge in [-0.3, -0.25) is 4.79 Å². The van der Waals surface area contributed by atoms with E-state index in [1.165, 1.54) is 0 Å². The van der Waals surface area contributed by atoms with Crippen LogP contribution in [-0.2, 0) is 4.79 Å². The summed E-state index contributed by atoms with van der Waals surface area (Å²) in [5.74, 6) is 0.0646. The number of halogens is 1. The molecule has 3 heteroatoms. The average molecular weight is 225 g/mol.